The third-order valence-corrected chi connectivity index (χ3v) is 3.39. The summed E-state index contributed by atoms with van der Waals surface area (Å²) in [5, 5.41) is 3.14. The maximum Gasteiger partial charge on any atom is 0.262 e. The quantitative estimate of drug-likeness (QED) is 0.822. The van der Waals surface area contributed by atoms with Crippen molar-refractivity contribution in [1.82, 2.24) is 0 Å². The van der Waals surface area contributed by atoms with Crippen LogP contribution >= 0.6 is 11.6 Å². The van der Waals surface area contributed by atoms with Crippen molar-refractivity contribution in [2.75, 3.05) is 19.0 Å². The number of anilines is 1. The van der Waals surface area contributed by atoms with E-state index in [1.807, 2.05) is 13.0 Å². The number of benzene rings is 2. The number of rotatable bonds is 6. The predicted molar refractivity (Wildman–Crippen MR) is 88.7 cm³/mol. The molecule has 0 aliphatic rings. The first-order valence-electron chi connectivity index (χ1n) is 6.85. The Hall–Kier alpha value is -2.53. The molecule has 1 amide bonds. The van der Waals surface area contributed by atoms with Crippen molar-refractivity contribution in [3.8, 4) is 11.5 Å². The van der Waals surface area contributed by atoms with Gasteiger partial charge in [0.15, 0.2) is 18.1 Å². The van der Waals surface area contributed by atoms with Gasteiger partial charge in [-0.05, 0) is 42.8 Å². The van der Waals surface area contributed by atoms with E-state index in [1.54, 1.807) is 24.3 Å². The summed E-state index contributed by atoms with van der Waals surface area (Å²) in [5.41, 5.74) is 1.99. The van der Waals surface area contributed by atoms with E-state index in [-0.39, 0.29) is 12.5 Å². The summed E-state index contributed by atoms with van der Waals surface area (Å²) in [6.07, 6.45) is 0.707. The monoisotopic (exact) mass is 333 g/mol. The van der Waals surface area contributed by atoms with E-state index in [4.69, 9.17) is 21.1 Å². The number of carbonyl (C=O) groups excluding carboxylic acids is 2. The molecule has 23 heavy (non-hydrogen) atoms. The third kappa shape index (κ3) is 4.47. The molecule has 2 rings (SSSR count). The highest BCUT2D eigenvalue weighted by Gasteiger charge is 2.10. The number of carbonyl (C=O) groups is 2. The maximum absolute atomic E-state index is 12.0. The van der Waals surface area contributed by atoms with Gasteiger partial charge in [-0.15, -0.1) is 0 Å². The summed E-state index contributed by atoms with van der Waals surface area (Å²) in [5.74, 6) is 0.413. The van der Waals surface area contributed by atoms with Crippen molar-refractivity contribution in [1.29, 1.82) is 0 Å². The van der Waals surface area contributed by atoms with Crippen LogP contribution in [0.2, 0.25) is 5.02 Å². The van der Waals surface area contributed by atoms with Crippen molar-refractivity contribution in [3.05, 3.63) is 52.5 Å². The summed E-state index contributed by atoms with van der Waals surface area (Å²) in [4.78, 5) is 22.7. The molecule has 0 aromatic heterocycles. The molecule has 0 spiro atoms. The predicted octanol–water partition coefficient (Wildman–Crippen LogP) is 3.49. The molecule has 0 heterocycles. The van der Waals surface area contributed by atoms with Gasteiger partial charge >= 0.3 is 0 Å². The van der Waals surface area contributed by atoms with Gasteiger partial charge in [-0.25, -0.2) is 0 Å². The summed E-state index contributed by atoms with van der Waals surface area (Å²) in [6.45, 7) is 1.71. The first kappa shape index (κ1) is 16.8. The second-order valence-electron chi connectivity index (χ2n) is 4.85. The average Bonchev–Trinajstić information content (AvgIpc) is 2.55. The summed E-state index contributed by atoms with van der Waals surface area (Å²) < 4.78 is 10.6. The molecule has 1 N–H and O–H groups in total. The fourth-order valence-corrected chi connectivity index (χ4v) is 2.21. The number of methoxy groups -OCH3 is 1. The number of aldehydes is 1. The zero-order chi connectivity index (χ0) is 16.8. The van der Waals surface area contributed by atoms with Gasteiger partial charge in [-0.2, -0.15) is 0 Å². The third-order valence-electron chi connectivity index (χ3n) is 3.08. The highest BCUT2D eigenvalue weighted by molar-refractivity contribution is 6.33. The van der Waals surface area contributed by atoms with Crippen molar-refractivity contribution < 1.29 is 19.1 Å². The maximum atomic E-state index is 12.0. The number of aryl methyl sites for hydroxylation is 1. The first-order chi connectivity index (χ1) is 11.0. The van der Waals surface area contributed by atoms with Crippen LogP contribution in [0.1, 0.15) is 15.9 Å². The second kappa shape index (κ2) is 7.65. The van der Waals surface area contributed by atoms with Crippen LogP contribution in [-0.4, -0.2) is 25.9 Å². The van der Waals surface area contributed by atoms with Crippen LogP contribution < -0.4 is 14.8 Å². The molecule has 0 saturated heterocycles. The van der Waals surface area contributed by atoms with E-state index in [9.17, 15) is 9.59 Å². The molecule has 2 aromatic rings. The smallest absolute Gasteiger partial charge is 0.262 e. The lowest BCUT2D eigenvalue weighted by Crippen LogP contribution is -2.20. The van der Waals surface area contributed by atoms with Crippen molar-refractivity contribution in [2.45, 2.75) is 6.92 Å². The van der Waals surface area contributed by atoms with Gasteiger partial charge in [0.2, 0.25) is 0 Å². The largest absolute Gasteiger partial charge is 0.493 e. The fraction of sp³-hybridized carbons (Fsp3) is 0.176. The Morgan fingerprint density at radius 1 is 1.22 bits per heavy atom. The molecule has 0 radical (unpaired) electrons. The lowest BCUT2D eigenvalue weighted by Gasteiger charge is -2.12. The van der Waals surface area contributed by atoms with Crippen molar-refractivity contribution >= 4 is 29.5 Å². The zero-order valence-corrected chi connectivity index (χ0v) is 13.5. The van der Waals surface area contributed by atoms with Gasteiger partial charge in [0.1, 0.15) is 6.29 Å². The van der Waals surface area contributed by atoms with Gasteiger partial charge in [0.25, 0.3) is 5.91 Å². The van der Waals surface area contributed by atoms with E-state index < -0.39 is 0 Å². The molecule has 0 fully saturated rings. The SMILES string of the molecule is COc1cc(C=O)ccc1OCC(=O)Nc1ccc(C)cc1Cl. The minimum absolute atomic E-state index is 0.207. The van der Waals surface area contributed by atoms with Crippen molar-refractivity contribution in [3.63, 3.8) is 0 Å². The molecule has 5 nitrogen and oxygen atoms in total. The number of hydrogen-bond acceptors (Lipinski definition) is 4. The van der Waals surface area contributed by atoms with Gasteiger partial charge in [0.05, 0.1) is 17.8 Å². The molecule has 0 unspecified atom stereocenters. The highest BCUT2D eigenvalue weighted by atomic mass is 35.5. The van der Waals surface area contributed by atoms with E-state index in [0.29, 0.717) is 34.1 Å². The number of ether oxygens (including phenoxy) is 2. The first-order valence-corrected chi connectivity index (χ1v) is 7.23. The van der Waals surface area contributed by atoms with E-state index in [0.717, 1.165) is 5.56 Å². The molecule has 2 aromatic carbocycles. The number of hydrogen-bond donors (Lipinski definition) is 1. The van der Waals surface area contributed by atoms with Gasteiger partial charge in [-0.3, -0.25) is 9.59 Å². The highest BCUT2D eigenvalue weighted by Crippen LogP contribution is 2.28. The molecule has 6 heteroatoms. The average molecular weight is 334 g/mol. The van der Waals surface area contributed by atoms with Crippen LogP contribution in [0.3, 0.4) is 0 Å². The summed E-state index contributed by atoms with van der Waals surface area (Å²) in [6, 6.07) is 10.0. The van der Waals surface area contributed by atoms with Gasteiger partial charge in [0, 0.05) is 5.56 Å². The van der Waals surface area contributed by atoms with Crippen LogP contribution in [0.5, 0.6) is 11.5 Å². The molecule has 0 aliphatic carbocycles. The van der Waals surface area contributed by atoms with Crippen LogP contribution in [-0.2, 0) is 4.79 Å². The van der Waals surface area contributed by atoms with Crippen LogP contribution in [0, 0.1) is 6.92 Å². The normalized spacial score (nSPS) is 10.0. The van der Waals surface area contributed by atoms with E-state index in [1.165, 1.54) is 13.2 Å². The molecule has 0 saturated carbocycles. The number of amides is 1. The second-order valence-corrected chi connectivity index (χ2v) is 5.26. The Bertz CT molecular complexity index is 731. The Morgan fingerprint density at radius 3 is 2.65 bits per heavy atom. The van der Waals surface area contributed by atoms with Crippen molar-refractivity contribution in [2.24, 2.45) is 0 Å². The molecule has 0 aliphatic heterocycles. The summed E-state index contributed by atoms with van der Waals surface area (Å²) in [7, 11) is 1.46. The van der Waals surface area contributed by atoms with Gasteiger partial charge in [-0.1, -0.05) is 17.7 Å². The van der Waals surface area contributed by atoms with Crippen LogP contribution in [0.25, 0.3) is 0 Å². The Balaban J connectivity index is 2.00. The molecule has 0 atom stereocenters. The summed E-state index contributed by atoms with van der Waals surface area (Å²) >= 11 is 6.06. The number of nitrogens with one attached hydrogen (secondary N) is 1. The minimum Gasteiger partial charge on any atom is -0.493 e. The Kier molecular flexibility index (Phi) is 5.60. The Labute approximate surface area is 139 Å². The molecular weight excluding hydrogens is 318 g/mol. The van der Waals surface area contributed by atoms with E-state index >= 15 is 0 Å². The lowest BCUT2D eigenvalue weighted by atomic mass is 10.2. The van der Waals surface area contributed by atoms with Gasteiger partial charge < -0.3 is 14.8 Å². The molecular formula is C17H16ClNO4. The fourth-order valence-electron chi connectivity index (χ4n) is 1.93. The van der Waals surface area contributed by atoms with Crippen LogP contribution in [0.4, 0.5) is 5.69 Å². The van der Waals surface area contributed by atoms with E-state index in [2.05, 4.69) is 5.32 Å². The zero-order valence-electron chi connectivity index (χ0n) is 12.8. The minimum atomic E-state index is -0.350. The van der Waals surface area contributed by atoms with Crippen LogP contribution in [0.15, 0.2) is 36.4 Å². The lowest BCUT2D eigenvalue weighted by molar-refractivity contribution is -0.118. The topological polar surface area (TPSA) is 64.6 Å². The Morgan fingerprint density at radius 2 is 2.00 bits per heavy atom. The molecule has 120 valence electrons. The standard InChI is InChI=1S/C17H16ClNO4/c1-11-3-5-14(13(18)7-11)19-17(21)10-23-15-6-4-12(9-20)8-16(15)22-2/h3-9H,10H2,1-2H3,(H,19,21). The molecule has 0 bridgehead atoms. The number of halogens is 1.